The Kier molecular flexibility index (Phi) is 5.95. The Hall–Kier alpha value is -2.82. The van der Waals surface area contributed by atoms with Crippen LogP contribution in [0.4, 0.5) is 0 Å². The summed E-state index contributed by atoms with van der Waals surface area (Å²) in [7, 11) is 0. The fourth-order valence-corrected chi connectivity index (χ4v) is 2.05. The first-order valence-electron chi connectivity index (χ1n) is 7.80. The van der Waals surface area contributed by atoms with E-state index in [0.717, 1.165) is 11.1 Å². The fourth-order valence-electron chi connectivity index (χ4n) is 2.05. The van der Waals surface area contributed by atoms with Gasteiger partial charge >= 0.3 is 0 Å². The van der Waals surface area contributed by atoms with Gasteiger partial charge in [0.25, 0.3) is 5.91 Å². The van der Waals surface area contributed by atoms with Crippen LogP contribution in [0.5, 0.6) is 11.5 Å². The smallest absolute Gasteiger partial charge is 0.277 e. The summed E-state index contributed by atoms with van der Waals surface area (Å²) >= 11 is 0. The Morgan fingerprint density at radius 2 is 1.96 bits per heavy atom. The number of aromatic hydroxyl groups is 1. The first-order valence-corrected chi connectivity index (χ1v) is 7.80. The Bertz CT molecular complexity index is 722. The minimum Gasteiger partial charge on any atom is -0.508 e. The number of hydrogen-bond acceptors (Lipinski definition) is 4. The van der Waals surface area contributed by atoms with Gasteiger partial charge in [-0.2, -0.15) is 5.10 Å². The highest BCUT2D eigenvalue weighted by atomic mass is 16.5. The molecule has 2 aromatic rings. The van der Waals surface area contributed by atoms with E-state index in [2.05, 4.69) is 30.4 Å². The Balaban J connectivity index is 1.87. The van der Waals surface area contributed by atoms with Crippen LogP contribution >= 0.6 is 0 Å². The van der Waals surface area contributed by atoms with Crippen molar-refractivity contribution in [3.63, 3.8) is 0 Å². The normalized spacial score (nSPS) is 11.0. The quantitative estimate of drug-likeness (QED) is 0.632. The lowest BCUT2D eigenvalue weighted by Crippen LogP contribution is -2.24. The van der Waals surface area contributed by atoms with Crippen LogP contribution < -0.4 is 10.2 Å². The van der Waals surface area contributed by atoms with Crippen molar-refractivity contribution in [3.05, 3.63) is 59.2 Å². The van der Waals surface area contributed by atoms with E-state index in [1.165, 1.54) is 11.8 Å². The summed E-state index contributed by atoms with van der Waals surface area (Å²) in [4.78, 5) is 11.8. The molecule has 0 bridgehead atoms. The van der Waals surface area contributed by atoms with E-state index in [9.17, 15) is 9.90 Å². The minimum absolute atomic E-state index is 0.102. The van der Waals surface area contributed by atoms with Crippen molar-refractivity contribution in [3.8, 4) is 11.5 Å². The number of carbonyl (C=O) groups is 1. The van der Waals surface area contributed by atoms with Crippen LogP contribution in [-0.2, 0) is 4.79 Å². The largest absolute Gasteiger partial charge is 0.508 e. The molecule has 0 atom stereocenters. The average molecular weight is 326 g/mol. The molecule has 0 unspecified atom stereocenters. The van der Waals surface area contributed by atoms with E-state index in [0.29, 0.717) is 11.7 Å². The maximum Gasteiger partial charge on any atom is 0.277 e. The predicted octanol–water partition coefficient (Wildman–Crippen LogP) is 3.35. The average Bonchev–Trinajstić information content (AvgIpc) is 2.55. The Labute approximate surface area is 142 Å². The van der Waals surface area contributed by atoms with Crippen LogP contribution in [-0.4, -0.2) is 23.8 Å². The van der Waals surface area contributed by atoms with Gasteiger partial charge in [-0.3, -0.25) is 4.79 Å². The van der Waals surface area contributed by atoms with Crippen LogP contribution in [0.25, 0.3) is 0 Å². The van der Waals surface area contributed by atoms with Gasteiger partial charge < -0.3 is 9.84 Å². The lowest BCUT2D eigenvalue weighted by molar-refractivity contribution is -0.123. The van der Waals surface area contributed by atoms with Crippen molar-refractivity contribution in [1.29, 1.82) is 0 Å². The summed E-state index contributed by atoms with van der Waals surface area (Å²) < 4.78 is 5.59. The number of rotatable bonds is 6. The molecule has 126 valence electrons. The molecule has 0 heterocycles. The highest BCUT2D eigenvalue weighted by Crippen LogP contribution is 2.24. The number of hydrazone groups is 1. The van der Waals surface area contributed by atoms with Crippen LogP contribution in [0.15, 0.2) is 47.6 Å². The highest BCUT2D eigenvalue weighted by Gasteiger charge is 2.07. The van der Waals surface area contributed by atoms with E-state index >= 15 is 0 Å². The van der Waals surface area contributed by atoms with Crippen LogP contribution in [0, 0.1) is 6.92 Å². The van der Waals surface area contributed by atoms with E-state index in [1.54, 1.807) is 24.3 Å². The van der Waals surface area contributed by atoms with Crippen molar-refractivity contribution in [1.82, 2.24) is 5.43 Å². The Morgan fingerprint density at radius 3 is 2.62 bits per heavy atom. The van der Waals surface area contributed by atoms with Gasteiger partial charge in [0.05, 0.1) is 6.21 Å². The third-order valence-corrected chi connectivity index (χ3v) is 3.53. The number of phenols is 1. The van der Waals surface area contributed by atoms with Gasteiger partial charge in [0.15, 0.2) is 6.61 Å². The number of nitrogens with zero attached hydrogens (tertiary/aromatic N) is 1. The molecular formula is C19H22N2O3. The third-order valence-electron chi connectivity index (χ3n) is 3.53. The van der Waals surface area contributed by atoms with Crippen molar-refractivity contribution in [2.75, 3.05) is 6.61 Å². The number of hydrogen-bond donors (Lipinski definition) is 2. The van der Waals surface area contributed by atoms with Gasteiger partial charge in [0.2, 0.25) is 0 Å². The summed E-state index contributed by atoms with van der Waals surface area (Å²) in [6.07, 6.45) is 1.50. The lowest BCUT2D eigenvalue weighted by Gasteiger charge is -2.12. The van der Waals surface area contributed by atoms with Crippen molar-refractivity contribution >= 4 is 12.1 Å². The van der Waals surface area contributed by atoms with Crippen LogP contribution in [0.2, 0.25) is 0 Å². The molecule has 2 N–H and O–H groups in total. The monoisotopic (exact) mass is 326 g/mol. The van der Waals surface area contributed by atoms with Crippen LogP contribution in [0.3, 0.4) is 0 Å². The Morgan fingerprint density at radius 1 is 1.25 bits per heavy atom. The molecule has 0 aliphatic heterocycles. The maximum atomic E-state index is 11.8. The second-order valence-electron chi connectivity index (χ2n) is 5.85. The van der Waals surface area contributed by atoms with E-state index in [4.69, 9.17) is 4.74 Å². The minimum atomic E-state index is -0.334. The molecule has 24 heavy (non-hydrogen) atoms. The third kappa shape index (κ3) is 5.12. The van der Waals surface area contributed by atoms with Gasteiger partial charge in [0.1, 0.15) is 11.5 Å². The van der Waals surface area contributed by atoms with Gasteiger partial charge in [-0.05, 0) is 59.9 Å². The molecule has 0 aromatic heterocycles. The second-order valence-corrected chi connectivity index (χ2v) is 5.85. The zero-order chi connectivity index (χ0) is 17.5. The molecule has 0 spiro atoms. The summed E-state index contributed by atoms with van der Waals surface area (Å²) in [6.45, 7) is 6.06. The van der Waals surface area contributed by atoms with E-state index in [1.807, 2.05) is 19.1 Å². The number of nitrogens with one attached hydrogen (secondary N) is 1. The second kappa shape index (κ2) is 8.15. The number of ether oxygens (including phenoxy) is 1. The summed E-state index contributed by atoms with van der Waals surface area (Å²) in [5.41, 5.74) is 5.34. The first kappa shape index (κ1) is 17.5. The van der Waals surface area contributed by atoms with E-state index in [-0.39, 0.29) is 18.3 Å². The summed E-state index contributed by atoms with van der Waals surface area (Å²) in [5.74, 6) is 0.957. The number of amides is 1. The zero-order valence-electron chi connectivity index (χ0n) is 14.1. The van der Waals surface area contributed by atoms with Gasteiger partial charge in [-0.1, -0.05) is 26.0 Å². The van der Waals surface area contributed by atoms with Crippen LogP contribution in [0.1, 0.15) is 36.5 Å². The molecule has 0 aliphatic rings. The summed E-state index contributed by atoms with van der Waals surface area (Å²) in [6, 6.07) is 12.5. The highest BCUT2D eigenvalue weighted by molar-refractivity contribution is 5.83. The number of aryl methyl sites for hydroxylation is 1. The number of benzene rings is 2. The van der Waals surface area contributed by atoms with Crippen molar-refractivity contribution < 1.29 is 14.6 Å². The van der Waals surface area contributed by atoms with E-state index < -0.39 is 0 Å². The molecule has 0 saturated heterocycles. The molecule has 0 aliphatic carbocycles. The van der Waals surface area contributed by atoms with Gasteiger partial charge in [-0.25, -0.2) is 5.43 Å². The lowest BCUT2D eigenvalue weighted by atomic mass is 10.0. The topological polar surface area (TPSA) is 70.9 Å². The zero-order valence-corrected chi connectivity index (χ0v) is 14.1. The summed E-state index contributed by atoms with van der Waals surface area (Å²) in [5, 5.41) is 13.1. The van der Waals surface area contributed by atoms with Gasteiger partial charge in [-0.15, -0.1) is 0 Å². The molecular weight excluding hydrogens is 304 g/mol. The molecule has 0 fully saturated rings. The van der Waals surface area contributed by atoms with Crippen molar-refractivity contribution in [2.45, 2.75) is 26.7 Å². The molecule has 1 amide bonds. The number of carbonyl (C=O) groups excluding carboxylic acids is 1. The van der Waals surface area contributed by atoms with Crippen molar-refractivity contribution in [2.24, 2.45) is 5.10 Å². The molecule has 5 nitrogen and oxygen atoms in total. The first-order chi connectivity index (χ1) is 11.5. The fraction of sp³-hybridized carbons (Fsp3) is 0.263. The maximum absolute atomic E-state index is 11.8. The molecule has 2 rings (SSSR count). The molecule has 2 aromatic carbocycles. The molecule has 0 radical (unpaired) electrons. The standard InChI is InChI=1S/C19H22N2O3/c1-13(2)16-7-4-14(3)18(10-16)24-12-19(23)21-20-11-15-5-8-17(22)9-6-15/h4-11,13,22H,12H2,1-3H3,(H,21,23)/b20-11+. The van der Waals surface area contributed by atoms with Gasteiger partial charge in [0, 0.05) is 0 Å². The SMILES string of the molecule is Cc1ccc(C(C)C)cc1OCC(=O)N/N=C/c1ccc(O)cc1. The molecule has 5 heteroatoms. The number of phenolic OH excluding ortho intramolecular Hbond substituents is 1. The molecule has 0 saturated carbocycles. The predicted molar refractivity (Wildman–Crippen MR) is 94.6 cm³/mol.